The summed E-state index contributed by atoms with van der Waals surface area (Å²) in [5.74, 6) is 0.149. The van der Waals surface area contributed by atoms with Crippen molar-refractivity contribution < 1.29 is 19.1 Å². The van der Waals surface area contributed by atoms with Crippen molar-refractivity contribution in [2.45, 2.75) is 13.8 Å². The largest absolute Gasteiger partial charge is 0.445 e. The van der Waals surface area contributed by atoms with Crippen molar-refractivity contribution in [1.29, 1.82) is 0 Å². The first kappa shape index (κ1) is 20.9. The SMILES string of the molecule is CC(=O)Oc1cccc(/C=C/COC(=O)N(c2ccccc2)c2ccccc2)c1C. The van der Waals surface area contributed by atoms with E-state index >= 15 is 0 Å². The van der Waals surface area contributed by atoms with Crippen LogP contribution in [0.15, 0.2) is 84.9 Å². The maximum Gasteiger partial charge on any atom is 0.419 e. The zero-order valence-corrected chi connectivity index (χ0v) is 16.9. The number of carbonyl (C=O) groups excluding carboxylic acids is 2. The van der Waals surface area contributed by atoms with Gasteiger partial charge in [0.15, 0.2) is 0 Å². The van der Waals surface area contributed by atoms with Crippen molar-refractivity contribution in [3.05, 3.63) is 96.1 Å². The number of esters is 1. The van der Waals surface area contributed by atoms with E-state index in [-0.39, 0.29) is 12.6 Å². The van der Waals surface area contributed by atoms with Crippen LogP contribution in [0.4, 0.5) is 16.2 Å². The van der Waals surface area contributed by atoms with Crippen molar-refractivity contribution >= 4 is 29.5 Å². The van der Waals surface area contributed by atoms with Gasteiger partial charge < -0.3 is 9.47 Å². The minimum absolute atomic E-state index is 0.103. The fourth-order valence-corrected chi connectivity index (χ4v) is 2.95. The van der Waals surface area contributed by atoms with E-state index in [1.165, 1.54) is 11.8 Å². The van der Waals surface area contributed by atoms with E-state index in [4.69, 9.17) is 9.47 Å². The molecule has 0 heterocycles. The van der Waals surface area contributed by atoms with Gasteiger partial charge in [-0.3, -0.25) is 4.79 Å². The van der Waals surface area contributed by atoms with E-state index in [9.17, 15) is 9.59 Å². The molecule has 0 aliphatic carbocycles. The zero-order valence-electron chi connectivity index (χ0n) is 16.9. The van der Waals surface area contributed by atoms with E-state index in [2.05, 4.69) is 0 Å². The summed E-state index contributed by atoms with van der Waals surface area (Å²) in [6.45, 7) is 3.34. The van der Waals surface area contributed by atoms with Crippen LogP contribution in [-0.4, -0.2) is 18.7 Å². The Bertz CT molecular complexity index is 990. The van der Waals surface area contributed by atoms with E-state index in [1.54, 1.807) is 12.1 Å². The van der Waals surface area contributed by atoms with Crippen LogP contribution >= 0.6 is 0 Å². The number of hydrogen-bond donors (Lipinski definition) is 0. The lowest BCUT2D eigenvalue weighted by Gasteiger charge is -2.22. The Morgan fingerprint density at radius 1 is 0.867 bits per heavy atom. The van der Waals surface area contributed by atoms with Crippen LogP contribution in [0.3, 0.4) is 0 Å². The second-order valence-electron chi connectivity index (χ2n) is 6.55. The number of anilines is 2. The maximum atomic E-state index is 12.8. The van der Waals surface area contributed by atoms with Crippen molar-refractivity contribution in [3.8, 4) is 5.75 Å². The number of ether oxygens (including phenoxy) is 2. The van der Waals surface area contributed by atoms with Crippen molar-refractivity contribution in [2.75, 3.05) is 11.5 Å². The molecule has 152 valence electrons. The molecule has 3 rings (SSSR count). The molecule has 0 aliphatic rings. The Balaban J connectivity index is 1.70. The highest BCUT2D eigenvalue weighted by Crippen LogP contribution is 2.26. The quantitative estimate of drug-likeness (QED) is 0.381. The van der Waals surface area contributed by atoms with Crippen molar-refractivity contribution in [2.24, 2.45) is 0 Å². The van der Waals surface area contributed by atoms with Crippen LogP contribution in [0.2, 0.25) is 0 Å². The molecule has 0 atom stereocenters. The summed E-state index contributed by atoms with van der Waals surface area (Å²) in [4.78, 5) is 25.5. The first-order chi connectivity index (χ1) is 14.6. The Morgan fingerprint density at radius 2 is 1.47 bits per heavy atom. The summed E-state index contributed by atoms with van der Waals surface area (Å²) in [5, 5.41) is 0. The Morgan fingerprint density at radius 3 is 2.03 bits per heavy atom. The second-order valence-corrected chi connectivity index (χ2v) is 6.55. The molecule has 0 aromatic heterocycles. The molecule has 3 aromatic rings. The molecule has 5 nitrogen and oxygen atoms in total. The second kappa shape index (κ2) is 10.1. The molecule has 3 aromatic carbocycles. The minimum Gasteiger partial charge on any atom is -0.445 e. The predicted molar refractivity (Wildman–Crippen MR) is 118 cm³/mol. The minimum atomic E-state index is -0.470. The van der Waals surface area contributed by atoms with Gasteiger partial charge in [-0.15, -0.1) is 0 Å². The monoisotopic (exact) mass is 401 g/mol. The fraction of sp³-hybridized carbons (Fsp3) is 0.120. The van der Waals surface area contributed by atoms with Gasteiger partial charge in [0.05, 0.1) is 11.4 Å². The molecule has 0 bridgehead atoms. The average molecular weight is 401 g/mol. The number of nitrogens with zero attached hydrogens (tertiary/aromatic N) is 1. The van der Waals surface area contributed by atoms with Gasteiger partial charge >= 0.3 is 12.1 Å². The maximum absolute atomic E-state index is 12.8. The fourth-order valence-electron chi connectivity index (χ4n) is 2.95. The summed E-state index contributed by atoms with van der Waals surface area (Å²) >= 11 is 0. The van der Waals surface area contributed by atoms with E-state index in [0.717, 1.165) is 22.5 Å². The van der Waals surface area contributed by atoms with Gasteiger partial charge in [0.1, 0.15) is 12.4 Å². The topological polar surface area (TPSA) is 55.8 Å². The zero-order chi connectivity index (χ0) is 21.3. The highest BCUT2D eigenvalue weighted by molar-refractivity contribution is 5.96. The van der Waals surface area contributed by atoms with E-state index in [1.807, 2.05) is 85.8 Å². The lowest BCUT2D eigenvalue weighted by Crippen LogP contribution is -2.26. The molecular weight excluding hydrogens is 378 g/mol. The van der Waals surface area contributed by atoms with Gasteiger partial charge in [-0.25, -0.2) is 9.69 Å². The molecule has 5 heteroatoms. The summed E-state index contributed by atoms with van der Waals surface area (Å²) in [5.41, 5.74) is 3.17. The molecule has 0 N–H and O–H groups in total. The molecule has 30 heavy (non-hydrogen) atoms. The molecule has 0 saturated heterocycles. The molecular formula is C25H23NO4. The van der Waals surface area contributed by atoms with Gasteiger partial charge in [-0.05, 0) is 54.5 Å². The molecule has 0 aliphatic heterocycles. The van der Waals surface area contributed by atoms with Crippen LogP contribution in [0.25, 0.3) is 6.08 Å². The van der Waals surface area contributed by atoms with Crippen molar-refractivity contribution in [3.63, 3.8) is 0 Å². The number of hydrogen-bond acceptors (Lipinski definition) is 4. The number of amides is 1. The third kappa shape index (κ3) is 5.35. The van der Waals surface area contributed by atoms with Gasteiger partial charge in [-0.2, -0.15) is 0 Å². The molecule has 0 fully saturated rings. The lowest BCUT2D eigenvalue weighted by atomic mass is 10.1. The van der Waals surface area contributed by atoms with Crippen LogP contribution in [0, 0.1) is 6.92 Å². The van der Waals surface area contributed by atoms with Crippen molar-refractivity contribution in [1.82, 2.24) is 0 Å². The van der Waals surface area contributed by atoms with Gasteiger partial charge in [0, 0.05) is 6.92 Å². The average Bonchev–Trinajstić information content (AvgIpc) is 2.75. The standard InChI is InChI=1S/C25H23NO4/c1-19-21(11-9-17-24(19)30-20(2)27)12-10-18-29-25(28)26(22-13-5-3-6-14-22)23-15-7-4-8-16-23/h3-17H,18H2,1-2H3/b12-10+. The number of para-hydroxylation sites is 2. The summed E-state index contributed by atoms with van der Waals surface area (Å²) in [6, 6.07) is 24.2. The number of rotatable bonds is 6. The summed E-state index contributed by atoms with van der Waals surface area (Å²) < 4.78 is 10.7. The number of benzene rings is 3. The Labute approximate surface area is 176 Å². The Kier molecular flexibility index (Phi) is 7.00. The number of carbonyl (C=O) groups is 2. The first-order valence-electron chi connectivity index (χ1n) is 9.58. The van der Waals surface area contributed by atoms with Gasteiger partial charge in [0.25, 0.3) is 0 Å². The van der Waals surface area contributed by atoms with E-state index in [0.29, 0.717) is 5.75 Å². The van der Waals surface area contributed by atoms with Gasteiger partial charge in [0.2, 0.25) is 0 Å². The lowest BCUT2D eigenvalue weighted by molar-refractivity contribution is -0.131. The normalized spacial score (nSPS) is 10.6. The highest BCUT2D eigenvalue weighted by atomic mass is 16.6. The van der Waals surface area contributed by atoms with Crippen LogP contribution in [0.5, 0.6) is 5.75 Å². The molecule has 0 radical (unpaired) electrons. The van der Waals surface area contributed by atoms with Crippen LogP contribution in [-0.2, 0) is 9.53 Å². The third-order valence-electron chi connectivity index (χ3n) is 4.39. The summed E-state index contributed by atoms with van der Waals surface area (Å²) in [7, 11) is 0. The predicted octanol–water partition coefficient (Wildman–Crippen LogP) is 5.91. The van der Waals surface area contributed by atoms with E-state index < -0.39 is 6.09 Å². The highest BCUT2D eigenvalue weighted by Gasteiger charge is 2.18. The smallest absolute Gasteiger partial charge is 0.419 e. The third-order valence-corrected chi connectivity index (χ3v) is 4.39. The molecule has 0 unspecified atom stereocenters. The van der Waals surface area contributed by atoms with Crippen LogP contribution in [0.1, 0.15) is 18.1 Å². The summed E-state index contributed by atoms with van der Waals surface area (Å²) in [6.07, 6.45) is 3.12. The van der Waals surface area contributed by atoms with Gasteiger partial charge in [-0.1, -0.05) is 54.6 Å². The Hall–Kier alpha value is -3.86. The molecule has 0 saturated carbocycles. The van der Waals surface area contributed by atoms with Crippen LogP contribution < -0.4 is 9.64 Å². The first-order valence-corrected chi connectivity index (χ1v) is 9.58. The molecule has 1 amide bonds. The molecule has 0 spiro atoms.